The third-order valence-electron chi connectivity index (χ3n) is 4.73. The van der Waals surface area contributed by atoms with Gasteiger partial charge in [-0.1, -0.05) is 18.2 Å². The minimum absolute atomic E-state index is 0.550. The number of nitrogen functional groups attached to an aromatic ring is 1. The number of nitrogens with two attached hydrogens (primary N) is 1. The highest BCUT2D eigenvalue weighted by molar-refractivity contribution is 5.70. The Kier molecular flexibility index (Phi) is 4.95. The summed E-state index contributed by atoms with van der Waals surface area (Å²) in [5, 5.41) is 19.8. The molecule has 0 aliphatic rings. The average Bonchev–Trinajstić information content (AvgIpc) is 3.22. The molecule has 0 amide bonds. The SMILES string of the molecule is Cc1cc(C#N)ccc1-c1ccnc(NCc2cc(-c3ccc(N)cc3)[nH]n2)c1. The van der Waals surface area contributed by atoms with E-state index in [9.17, 15) is 0 Å². The van der Waals surface area contributed by atoms with Crippen LogP contribution < -0.4 is 11.1 Å². The van der Waals surface area contributed by atoms with Gasteiger partial charge in [-0.3, -0.25) is 5.10 Å². The van der Waals surface area contributed by atoms with Gasteiger partial charge in [0.25, 0.3) is 0 Å². The molecule has 142 valence electrons. The number of aromatic amines is 1. The average molecular weight is 380 g/mol. The Bertz CT molecular complexity index is 1180. The summed E-state index contributed by atoms with van der Waals surface area (Å²) >= 11 is 0. The van der Waals surface area contributed by atoms with Crippen LogP contribution in [0.2, 0.25) is 0 Å². The zero-order chi connectivity index (χ0) is 20.2. The first kappa shape index (κ1) is 18.3. The maximum Gasteiger partial charge on any atom is 0.126 e. The van der Waals surface area contributed by atoms with Crippen molar-refractivity contribution in [2.75, 3.05) is 11.1 Å². The number of aryl methyl sites for hydroxylation is 1. The summed E-state index contributed by atoms with van der Waals surface area (Å²) in [6, 6.07) is 21.5. The van der Waals surface area contributed by atoms with E-state index in [1.54, 1.807) is 6.20 Å². The van der Waals surface area contributed by atoms with Crippen LogP contribution in [0.5, 0.6) is 0 Å². The van der Waals surface area contributed by atoms with E-state index in [4.69, 9.17) is 11.0 Å². The predicted octanol–water partition coefficient (Wildman–Crippen LogP) is 4.51. The number of benzene rings is 2. The third kappa shape index (κ3) is 4.09. The topological polar surface area (TPSA) is 103 Å². The van der Waals surface area contributed by atoms with Gasteiger partial charge in [0.15, 0.2) is 0 Å². The molecule has 2 aromatic heterocycles. The van der Waals surface area contributed by atoms with Crippen molar-refractivity contribution in [2.24, 2.45) is 0 Å². The molecule has 2 heterocycles. The molecular formula is C23H20N6. The number of nitriles is 1. The summed E-state index contributed by atoms with van der Waals surface area (Å²) in [7, 11) is 0. The van der Waals surface area contributed by atoms with Gasteiger partial charge in [-0.25, -0.2) is 4.98 Å². The number of pyridine rings is 1. The smallest absolute Gasteiger partial charge is 0.126 e. The van der Waals surface area contributed by atoms with Crippen LogP contribution in [0.3, 0.4) is 0 Å². The number of hydrogen-bond donors (Lipinski definition) is 3. The summed E-state index contributed by atoms with van der Waals surface area (Å²) in [6.07, 6.45) is 1.78. The van der Waals surface area contributed by atoms with Crippen LogP contribution in [0.15, 0.2) is 66.9 Å². The maximum atomic E-state index is 9.05. The molecular weight excluding hydrogens is 360 g/mol. The van der Waals surface area contributed by atoms with Gasteiger partial charge in [-0.15, -0.1) is 0 Å². The number of nitrogens with one attached hydrogen (secondary N) is 2. The summed E-state index contributed by atoms with van der Waals surface area (Å²) in [5.41, 5.74) is 13.2. The minimum Gasteiger partial charge on any atom is -0.399 e. The zero-order valence-corrected chi connectivity index (χ0v) is 16.0. The first-order valence-corrected chi connectivity index (χ1v) is 9.23. The molecule has 4 aromatic rings. The molecule has 0 radical (unpaired) electrons. The second-order valence-corrected chi connectivity index (χ2v) is 6.82. The van der Waals surface area contributed by atoms with Crippen LogP contribution in [0.25, 0.3) is 22.4 Å². The highest BCUT2D eigenvalue weighted by Gasteiger charge is 2.07. The highest BCUT2D eigenvalue weighted by atomic mass is 15.1. The van der Waals surface area contributed by atoms with E-state index in [0.717, 1.165) is 45.1 Å². The van der Waals surface area contributed by atoms with Gasteiger partial charge in [0, 0.05) is 11.9 Å². The Balaban J connectivity index is 1.48. The molecule has 0 atom stereocenters. The van der Waals surface area contributed by atoms with Crippen LogP contribution >= 0.6 is 0 Å². The Morgan fingerprint density at radius 2 is 1.86 bits per heavy atom. The lowest BCUT2D eigenvalue weighted by atomic mass is 9.99. The summed E-state index contributed by atoms with van der Waals surface area (Å²) in [6.45, 7) is 2.56. The minimum atomic E-state index is 0.550. The molecule has 29 heavy (non-hydrogen) atoms. The Morgan fingerprint density at radius 1 is 1.03 bits per heavy atom. The van der Waals surface area contributed by atoms with Crippen molar-refractivity contribution in [3.8, 4) is 28.5 Å². The number of anilines is 2. The highest BCUT2D eigenvalue weighted by Crippen LogP contribution is 2.26. The molecule has 6 heteroatoms. The van der Waals surface area contributed by atoms with Gasteiger partial charge in [-0.05, 0) is 71.6 Å². The lowest BCUT2D eigenvalue weighted by Gasteiger charge is -2.09. The van der Waals surface area contributed by atoms with Crippen molar-refractivity contribution < 1.29 is 0 Å². The standard InChI is InChI=1S/C23H20N6/c1-15-10-16(13-24)2-7-21(15)18-8-9-26-23(11-18)27-14-20-12-22(29-28-20)17-3-5-19(25)6-4-17/h2-12H,14,25H2,1H3,(H,26,27)(H,28,29). The number of rotatable bonds is 5. The van der Waals surface area contributed by atoms with E-state index < -0.39 is 0 Å². The van der Waals surface area contributed by atoms with Crippen LogP contribution in [0, 0.1) is 18.3 Å². The second-order valence-electron chi connectivity index (χ2n) is 6.82. The Labute approximate surface area is 169 Å². The Morgan fingerprint density at radius 3 is 2.62 bits per heavy atom. The predicted molar refractivity (Wildman–Crippen MR) is 115 cm³/mol. The second kappa shape index (κ2) is 7.87. The van der Waals surface area contributed by atoms with Crippen molar-refractivity contribution in [3.63, 3.8) is 0 Å². The molecule has 0 aliphatic carbocycles. The number of nitrogens with zero attached hydrogens (tertiary/aromatic N) is 3. The van der Waals surface area contributed by atoms with Gasteiger partial charge < -0.3 is 11.1 Å². The zero-order valence-electron chi connectivity index (χ0n) is 16.0. The number of H-pyrrole nitrogens is 1. The molecule has 2 aromatic carbocycles. The summed E-state index contributed by atoms with van der Waals surface area (Å²) < 4.78 is 0. The van der Waals surface area contributed by atoms with Crippen LogP contribution in [-0.2, 0) is 6.54 Å². The van der Waals surface area contributed by atoms with E-state index >= 15 is 0 Å². The van der Waals surface area contributed by atoms with E-state index in [1.165, 1.54) is 0 Å². The van der Waals surface area contributed by atoms with Gasteiger partial charge in [0.2, 0.25) is 0 Å². The van der Waals surface area contributed by atoms with E-state index in [2.05, 4.69) is 26.6 Å². The molecule has 0 saturated heterocycles. The summed E-state index contributed by atoms with van der Waals surface area (Å²) in [4.78, 5) is 4.40. The van der Waals surface area contributed by atoms with Gasteiger partial charge in [0.1, 0.15) is 5.82 Å². The van der Waals surface area contributed by atoms with E-state index in [1.807, 2.05) is 67.6 Å². The molecule has 4 N–H and O–H groups in total. The van der Waals surface area contributed by atoms with E-state index in [-0.39, 0.29) is 0 Å². The molecule has 0 saturated carbocycles. The first-order chi connectivity index (χ1) is 14.1. The van der Waals surface area contributed by atoms with Crippen molar-refractivity contribution in [1.82, 2.24) is 15.2 Å². The van der Waals surface area contributed by atoms with Crippen LogP contribution in [0.1, 0.15) is 16.8 Å². The van der Waals surface area contributed by atoms with Gasteiger partial charge >= 0.3 is 0 Å². The molecule has 4 rings (SSSR count). The lowest BCUT2D eigenvalue weighted by Crippen LogP contribution is -2.01. The molecule has 0 bridgehead atoms. The van der Waals surface area contributed by atoms with Crippen molar-refractivity contribution >= 4 is 11.5 Å². The monoisotopic (exact) mass is 380 g/mol. The maximum absolute atomic E-state index is 9.05. The number of hydrogen-bond acceptors (Lipinski definition) is 5. The molecule has 0 fully saturated rings. The lowest BCUT2D eigenvalue weighted by molar-refractivity contribution is 0.976. The quantitative estimate of drug-likeness (QED) is 0.442. The fraction of sp³-hybridized carbons (Fsp3) is 0.0870. The molecule has 6 nitrogen and oxygen atoms in total. The Hall–Kier alpha value is -4.11. The molecule has 0 aliphatic heterocycles. The van der Waals surface area contributed by atoms with Gasteiger partial charge in [0.05, 0.1) is 29.6 Å². The fourth-order valence-electron chi connectivity index (χ4n) is 3.20. The van der Waals surface area contributed by atoms with Crippen molar-refractivity contribution in [3.05, 3.63) is 83.7 Å². The largest absolute Gasteiger partial charge is 0.399 e. The van der Waals surface area contributed by atoms with Crippen LogP contribution in [0.4, 0.5) is 11.5 Å². The summed E-state index contributed by atoms with van der Waals surface area (Å²) in [5.74, 6) is 0.767. The van der Waals surface area contributed by atoms with Gasteiger partial charge in [-0.2, -0.15) is 10.4 Å². The van der Waals surface area contributed by atoms with E-state index in [0.29, 0.717) is 12.1 Å². The van der Waals surface area contributed by atoms with Crippen LogP contribution in [-0.4, -0.2) is 15.2 Å². The number of aromatic nitrogens is 3. The first-order valence-electron chi connectivity index (χ1n) is 9.23. The molecule has 0 spiro atoms. The van der Waals surface area contributed by atoms with Crippen molar-refractivity contribution in [1.29, 1.82) is 5.26 Å². The van der Waals surface area contributed by atoms with Crippen molar-refractivity contribution in [2.45, 2.75) is 13.5 Å². The molecule has 0 unspecified atom stereocenters. The fourth-order valence-corrected chi connectivity index (χ4v) is 3.20. The third-order valence-corrected chi connectivity index (χ3v) is 4.73. The normalized spacial score (nSPS) is 10.5.